The summed E-state index contributed by atoms with van der Waals surface area (Å²) >= 11 is 0. The third-order valence-corrected chi connectivity index (χ3v) is 2.29. The summed E-state index contributed by atoms with van der Waals surface area (Å²) in [5.74, 6) is 0.0457. The number of Topliss-reactive ketones (excluding diaryl/α,β-unsaturated/α-hetero) is 2. The van der Waals surface area contributed by atoms with Crippen LogP contribution in [0.5, 0.6) is 0 Å². The van der Waals surface area contributed by atoms with Gasteiger partial charge in [0.2, 0.25) is 0 Å². The molecule has 2 heteroatoms. The van der Waals surface area contributed by atoms with Crippen LogP contribution in [-0.2, 0) is 0 Å². The van der Waals surface area contributed by atoms with Gasteiger partial charge in [-0.2, -0.15) is 0 Å². The van der Waals surface area contributed by atoms with Crippen molar-refractivity contribution in [3.05, 3.63) is 34.9 Å². The Morgan fingerprint density at radius 2 is 1.60 bits per heavy atom. The van der Waals surface area contributed by atoms with Crippen molar-refractivity contribution in [3.8, 4) is 0 Å². The van der Waals surface area contributed by atoms with E-state index in [1.54, 1.807) is 12.1 Å². The van der Waals surface area contributed by atoms with Crippen molar-refractivity contribution in [2.45, 2.75) is 27.7 Å². The summed E-state index contributed by atoms with van der Waals surface area (Å²) in [5.41, 5.74) is 2.20. The zero-order chi connectivity index (χ0) is 11.6. The molecule has 0 fully saturated rings. The Labute approximate surface area is 90.3 Å². The summed E-state index contributed by atoms with van der Waals surface area (Å²) in [7, 11) is 0. The fourth-order valence-corrected chi connectivity index (χ4v) is 1.46. The highest BCUT2D eigenvalue weighted by molar-refractivity contribution is 6.01. The van der Waals surface area contributed by atoms with Gasteiger partial charge in [-0.1, -0.05) is 13.8 Å². The van der Waals surface area contributed by atoms with Crippen LogP contribution in [0.2, 0.25) is 0 Å². The highest BCUT2D eigenvalue weighted by atomic mass is 16.1. The summed E-state index contributed by atoms with van der Waals surface area (Å²) in [5, 5.41) is 0. The van der Waals surface area contributed by atoms with Crippen LogP contribution >= 0.6 is 0 Å². The molecule has 0 atom stereocenters. The van der Waals surface area contributed by atoms with E-state index >= 15 is 0 Å². The minimum Gasteiger partial charge on any atom is -0.295 e. The first-order chi connectivity index (χ1) is 6.91. The molecule has 0 heterocycles. The first-order valence-corrected chi connectivity index (χ1v) is 5.08. The Kier molecular flexibility index (Phi) is 3.40. The lowest BCUT2D eigenvalue weighted by Gasteiger charge is -2.07. The lowest BCUT2D eigenvalue weighted by Crippen LogP contribution is -2.09. The summed E-state index contributed by atoms with van der Waals surface area (Å²) in [6.07, 6.45) is 0. The van der Waals surface area contributed by atoms with Crippen LogP contribution in [0, 0.1) is 12.8 Å². The number of carbonyl (C=O) groups excluding carboxylic acids is 2. The summed E-state index contributed by atoms with van der Waals surface area (Å²) in [4.78, 5) is 23.0. The van der Waals surface area contributed by atoms with Gasteiger partial charge in [0.1, 0.15) is 0 Å². The third kappa shape index (κ3) is 2.75. The maximum atomic E-state index is 11.8. The van der Waals surface area contributed by atoms with E-state index in [0.29, 0.717) is 11.1 Å². The second kappa shape index (κ2) is 4.39. The molecule has 2 nitrogen and oxygen atoms in total. The SMILES string of the molecule is CC(=O)c1cc(C)cc(C(=O)C(C)C)c1. The summed E-state index contributed by atoms with van der Waals surface area (Å²) in [6.45, 7) is 7.12. The number of benzene rings is 1. The van der Waals surface area contributed by atoms with Crippen molar-refractivity contribution in [1.82, 2.24) is 0 Å². The normalized spacial score (nSPS) is 10.5. The number of rotatable bonds is 3. The van der Waals surface area contributed by atoms with Crippen LogP contribution in [-0.4, -0.2) is 11.6 Å². The zero-order valence-corrected chi connectivity index (χ0v) is 9.63. The molecule has 0 aliphatic rings. The quantitative estimate of drug-likeness (QED) is 0.709. The number of hydrogen-bond acceptors (Lipinski definition) is 2. The van der Waals surface area contributed by atoms with Crippen LogP contribution in [0.4, 0.5) is 0 Å². The van der Waals surface area contributed by atoms with E-state index in [0.717, 1.165) is 5.56 Å². The van der Waals surface area contributed by atoms with Gasteiger partial charge in [-0.05, 0) is 37.6 Å². The second-order valence-corrected chi connectivity index (χ2v) is 4.16. The predicted octanol–water partition coefficient (Wildman–Crippen LogP) is 3.04. The van der Waals surface area contributed by atoms with E-state index in [1.807, 2.05) is 26.8 Å². The minimum absolute atomic E-state index is 0.00324. The highest BCUT2D eigenvalue weighted by Crippen LogP contribution is 2.14. The number of carbonyl (C=O) groups is 2. The van der Waals surface area contributed by atoms with Gasteiger partial charge in [0.25, 0.3) is 0 Å². The van der Waals surface area contributed by atoms with Gasteiger partial charge < -0.3 is 0 Å². The van der Waals surface area contributed by atoms with Crippen LogP contribution in [0.15, 0.2) is 18.2 Å². The van der Waals surface area contributed by atoms with Gasteiger partial charge in [-0.25, -0.2) is 0 Å². The third-order valence-electron chi connectivity index (χ3n) is 2.29. The minimum atomic E-state index is -0.0355. The van der Waals surface area contributed by atoms with E-state index in [9.17, 15) is 9.59 Å². The van der Waals surface area contributed by atoms with Crippen LogP contribution in [0.25, 0.3) is 0 Å². The number of ketones is 2. The molecule has 0 bridgehead atoms. The average Bonchev–Trinajstić information content (AvgIpc) is 2.15. The van der Waals surface area contributed by atoms with Gasteiger partial charge >= 0.3 is 0 Å². The van der Waals surface area contributed by atoms with E-state index < -0.39 is 0 Å². The Morgan fingerprint density at radius 1 is 1.07 bits per heavy atom. The van der Waals surface area contributed by atoms with Crippen molar-refractivity contribution < 1.29 is 9.59 Å². The molecule has 1 rings (SSSR count). The second-order valence-electron chi connectivity index (χ2n) is 4.16. The summed E-state index contributed by atoms with van der Waals surface area (Å²) < 4.78 is 0. The van der Waals surface area contributed by atoms with Crippen LogP contribution in [0.1, 0.15) is 47.1 Å². The molecule has 15 heavy (non-hydrogen) atoms. The van der Waals surface area contributed by atoms with Crippen LogP contribution < -0.4 is 0 Å². The number of aryl methyl sites for hydroxylation is 1. The molecule has 0 aliphatic heterocycles. The molecule has 1 aromatic rings. The van der Waals surface area contributed by atoms with Gasteiger partial charge in [0.15, 0.2) is 11.6 Å². The molecule has 0 saturated heterocycles. The number of hydrogen-bond donors (Lipinski definition) is 0. The van der Waals surface area contributed by atoms with Crippen molar-refractivity contribution >= 4 is 11.6 Å². The van der Waals surface area contributed by atoms with Crippen molar-refractivity contribution in [2.75, 3.05) is 0 Å². The Morgan fingerprint density at radius 3 is 2.07 bits per heavy atom. The largest absolute Gasteiger partial charge is 0.295 e. The molecule has 0 aromatic heterocycles. The first-order valence-electron chi connectivity index (χ1n) is 5.08. The molecule has 0 unspecified atom stereocenters. The van der Waals surface area contributed by atoms with Crippen LogP contribution in [0.3, 0.4) is 0 Å². The molecule has 80 valence electrons. The Bertz CT molecular complexity index is 403. The molecule has 0 N–H and O–H groups in total. The fraction of sp³-hybridized carbons (Fsp3) is 0.385. The molecule has 0 amide bonds. The topological polar surface area (TPSA) is 34.1 Å². The van der Waals surface area contributed by atoms with E-state index in [-0.39, 0.29) is 17.5 Å². The monoisotopic (exact) mass is 204 g/mol. The van der Waals surface area contributed by atoms with Crippen molar-refractivity contribution in [2.24, 2.45) is 5.92 Å². The smallest absolute Gasteiger partial charge is 0.165 e. The van der Waals surface area contributed by atoms with E-state index in [2.05, 4.69) is 0 Å². The van der Waals surface area contributed by atoms with Crippen molar-refractivity contribution in [1.29, 1.82) is 0 Å². The standard InChI is InChI=1S/C13H16O2/c1-8(2)13(15)12-6-9(3)5-11(7-12)10(4)14/h5-8H,1-4H3. The molecular weight excluding hydrogens is 188 g/mol. The molecule has 1 aromatic carbocycles. The fourth-order valence-electron chi connectivity index (χ4n) is 1.46. The molecule has 0 radical (unpaired) electrons. The molecule has 0 spiro atoms. The van der Waals surface area contributed by atoms with Gasteiger partial charge in [0, 0.05) is 17.0 Å². The zero-order valence-electron chi connectivity index (χ0n) is 9.63. The van der Waals surface area contributed by atoms with Gasteiger partial charge in [-0.15, -0.1) is 0 Å². The Hall–Kier alpha value is -1.44. The van der Waals surface area contributed by atoms with Crippen molar-refractivity contribution in [3.63, 3.8) is 0 Å². The van der Waals surface area contributed by atoms with Gasteiger partial charge in [-0.3, -0.25) is 9.59 Å². The summed E-state index contributed by atoms with van der Waals surface area (Å²) in [6, 6.07) is 5.31. The molecular formula is C13H16O2. The first kappa shape index (κ1) is 11.6. The van der Waals surface area contributed by atoms with Gasteiger partial charge in [0.05, 0.1) is 0 Å². The predicted molar refractivity (Wildman–Crippen MR) is 60.4 cm³/mol. The average molecular weight is 204 g/mol. The molecule has 0 saturated carbocycles. The highest BCUT2D eigenvalue weighted by Gasteiger charge is 2.12. The maximum Gasteiger partial charge on any atom is 0.165 e. The van der Waals surface area contributed by atoms with E-state index in [1.165, 1.54) is 6.92 Å². The Balaban J connectivity index is 3.20. The van der Waals surface area contributed by atoms with E-state index in [4.69, 9.17) is 0 Å². The lowest BCUT2D eigenvalue weighted by molar-refractivity contribution is 0.0939. The lowest BCUT2D eigenvalue weighted by atomic mass is 9.96. The molecule has 0 aliphatic carbocycles. The maximum absolute atomic E-state index is 11.8.